The summed E-state index contributed by atoms with van der Waals surface area (Å²) in [4.78, 5) is 12.9. The molecule has 0 unspecified atom stereocenters. The van der Waals surface area contributed by atoms with Crippen molar-refractivity contribution in [3.63, 3.8) is 0 Å². The van der Waals surface area contributed by atoms with Gasteiger partial charge in [0.1, 0.15) is 5.75 Å². The lowest BCUT2D eigenvalue weighted by atomic mass is 10.2. The van der Waals surface area contributed by atoms with Crippen LogP contribution in [0.1, 0.15) is 18.7 Å². The number of thiophene rings is 1. The van der Waals surface area contributed by atoms with Gasteiger partial charge in [-0.25, -0.2) is 0 Å². The van der Waals surface area contributed by atoms with Gasteiger partial charge in [-0.1, -0.05) is 31.5 Å². The predicted molar refractivity (Wildman–Crippen MR) is 88.4 cm³/mol. The average molecular weight is 324 g/mol. The summed E-state index contributed by atoms with van der Waals surface area (Å²) in [7, 11) is 0. The predicted octanol–water partition coefficient (Wildman–Crippen LogP) is 4.62. The molecule has 21 heavy (non-hydrogen) atoms. The molecular formula is C16H18ClNO2S. The number of carbonyl (C=O) groups excluding carboxylic acids is 1. The fraction of sp³-hybridized carbons (Fsp3) is 0.312. The number of anilines is 1. The van der Waals surface area contributed by atoms with E-state index in [4.69, 9.17) is 16.3 Å². The zero-order chi connectivity index (χ0) is 15.2. The summed E-state index contributed by atoms with van der Waals surface area (Å²) >= 11 is 7.73. The maximum atomic E-state index is 11.9. The summed E-state index contributed by atoms with van der Waals surface area (Å²) in [6.07, 6.45) is 0.376. The molecule has 0 aliphatic heterocycles. The molecule has 112 valence electrons. The second-order valence-electron chi connectivity index (χ2n) is 5.15. The standard InChI is InChI=1S/C16H18ClNO2S/c1-11(2)10-20-15-6-5-12(8-14(15)17)18-16(19)9-13-4-3-7-21-13/h3-8,11H,9-10H2,1-2H3,(H,18,19). The van der Waals surface area contributed by atoms with Crippen LogP contribution < -0.4 is 10.1 Å². The fourth-order valence-corrected chi connectivity index (χ4v) is 2.67. The van der Waals surface area contributed by atoms with Gasteiger partial charge in [0.25, 0.3) is 0 Å². The largest absolute Gasteiger partial charge is 0.492 e. The fourth-order valence-electron chi connectivity index (χ4n) is 1.73. The van der Waals surface area contributed by atoms with Gasteiger partial charge in [-0.15, -0.1) is 11.3 Å². The molecule has 0 spiro atoms. The van der Waals surface area contributed by atoms with E-state index >= 15 is 0 Å². The molecule has 5 heteroatoms. The van der Waals surface area contributed by atoms with Crippen LogP contribution in [-0.4, -0.2) is 12.5 Å². The third-order valence-electron chi connectivity index (χ3n) is 2.70. The molecular weight excluding hydrogens is 306 g/mol. The molecule has 0 aliphatic rings. The van der Waals surface area contributed by atoms with Gasteiger partial charge in [-0.05, 0) is 35.6 Å². The molecule has 1 aromatic carbocycles. The SMILES string of the molecule is CC(C)COc1ccc(NC(=O)Cc2cccs2)cc1Cl. The molecule has 1 amide bonds. The van der Waals surface area contributed by atoms with Crippen LogP contribution in [0.15, 0.2) is 35.7 Å². The highest BCUT2D eigenvalue weighted by atomic mass is 35.5. The zero-order valence-corrected chi connectivity index (χ0v) is 13.6. The van der Waals surface area contributed by atoms with E-state index in [1.54, 1.807) is 29.5 Å². The lowest BCUT2D eigenvalue weighted by Crippen LogP contribution is -2.13. The van der Waals surface area contributed by atoms with Gasteiger partial charge in [0.2, 0.25) is 5.91 Å². The molecule has 3 nitrogen and oxygen atoms in total. The summed E-state index contributed by atoms with van der Waals surface area (Å²) in [6, 6.07) is 9.17. The molecule has 1 N–H and O–H groups in total. The number of nitrogens with one attached hydrogen (secondary N) is 1. The van der Waals surface area contributed by atoms with E-state index < -0.39 is 0 Å². The van der Waals surface area contributed by atoms with Crippen LogP contribution in [0, 0.1) is 5.92 Å². The summed E-state index contributed by atoms with van der Waals surface area (Å²) < 4.78 is 5.60. The monoisotopic (exact) mass is 323 g/mol. The van der Waals surface area contributed by atoms with E-state index in [0.717, 1.165) is 4.88 Å². The molecule has 0 atom stereocenters. The highest BCUT2D eigenvalue weighted by Crippen LogP contribution is 2.28. The van der Waals surface area contributed by atoms with E-state index in [-0.39, 0.29) is 5.91 Å². The average Bonchev–Trinajstić information content (AvgIpc) is 2.90. The Kier molecular flexibility index (Phi) is 5.65. The molecule has 2 rings (SSSR count). The van der Waals surface area contributed by atoms with Crippen molar-refractivity contribution in [1.82, 2.24) is 0 Å². The maximum absolute atomic E-state index is 11.9. The Labute approximate surface area is 133 Å². The van der Waals surface area contributed by atoms with E-state index in [1.165, 1.54) is 0 Å². The quantitative estimate of drug-likeness (QED) is 0.842. The van der Waals surface area contributed by atoms with E-state index in [0.29, 0.717) is 35.4 Å². The Hall–Kier alpha value is -1.52. The number of rotatable bonds is 6. The Bertz CT molecular complexity index is 596. The van der Waals surface area contributed by atoms with Crippen molar-refractivity contribution < 1.29 is 9.53 Å². The Morgan fingerprint density at radius 3 is 2.81 bits per heavy atom. The number of benzene rings is 1. The second-order valence-corrected chi connectivity index (χ2v) is 6.59. The van der Waals surface area contributed by atoms with Crippen molar-refractivity contribution in [3.05, 3.63) is 45.6 Å². The molecule has 2 aromatic rings. The van der Waals surface area contributed by atoms with Crippen LogP contribution in [0.4, 0.5) is 5.69 Å². The van der Waals surface area contributed by atoms with Gasteiger partial charge >= 0.3 is 0 Å². The molecule has 0 saturated heterocycles. The van der Waals surface area contributed by atoms with Crippen LogP contribution in [0.2, 0.25) is 5.02 Å². The van der Waals surface area contributed by atoms with Crippen LogP contribution in [0.25, 0.3) is 0 Å². The molecule has 0 bridgehead atoms. The topological polar surface area (TPSA) is 38.3 Å². The third kappa shape index (κ3) is 5.06. The summed E-state index contributed by atoms with van der Waals surface area (Å²) in [5.74, 6) is 1.03. The third-order valence-corrected chi connectivity index (χ3v) is 3.87. The minimum Gasteiger partial charge on any atom is -0.492 e. The number of halogens is 1. The summed E-state index contributed by atoms with van der Waals surface area (Å²) in [5.41, 5.74) is 0.679. The van der Waals surface area contributed by atoms with Crippen molar-refractivity contribution in [3.8, 4) is 5.75 Å². The number of amides is 1. The van der Waals surface area contributed by atoms with Gasteiger partial charge in [0, 0.05) is 10.6 Å². The van der Waals surface area contributed by atoms with Crippen LogP contribution in [-0.2, 0) is 11.2 Å². The van der Waals surface area contributed by atoms with Crippen molar-refractivity contribution in [2.24, 2.45) is 5.92 Å². The highest BCUT2D eigenvalue weighted by molar-refractivity contribution is 7.10. The van der Waals surface area contributed by atoms with E-state index in [1.807, 2.05) is 17.5 Å². The van der Waals surface area contributed by atoms with Crippen LogP contribution in [0.3, 0.4) is 0 Å². The minimum atomic E-state index is -0.0515. The maximum Gasteiger partial charge on any atom is 0.229 e. The highest BCUT2D eigenvalue weighted by Gasteiger charge is 2.08. The Morgan fingerprint density at radius 1 is 1.38 bits per heavy atom. The molecule has 0 saturated carbocycles. The van der Waals surface area contributed by atoms with Crippen molar-refractivity contribution in [2.75, 3.05) is 11.9 Å². The van der Waals surface area contributed by atoms with Crippen LogP contribution in [0.5, 0.6) is 5.75 Å². The summed E-state index contributed by atoms with van der Waals surface area (Å²) in [5, 5.41) is 5.30. The smallest absolute Gasteiger partial charge is 0.229 e. The van der Waals surface area contributed by atoms with Gasteiger partial charge in [-0.3, -0.25) is 4.79 Å². The second kappa shape index (κ2) is 7.48. The molecule has 1 aromatic heterocycles. The van der Waals surface area contributed by atoms with Crippen molar-refractivity contribution in [1.29, 1.82) is 0 Å². The van der Waals surface area contributed by atoms with E-state index in [9.17, 15) is 4.79 Å². The molecule has 1 heterocycles. The van der Waals surface area contributed by atoms with Gasteiger partial charge in [0.15, 0.2) is 0 Å². The Morgan fingerprint density at radius 2 is 2.19 bits per heavy atom. The molecule has 0 radical (unpaired) electrons. The first kappa shape index (κ1) is 15.9. The Balaban J connectivity index is 1.94. The number of hydrogen-bond acceptors (Lipinski definition) is 3. The number of ether oxygens (including phenoxy) is 1. The lowest BCUT2D eigenvalue weighted by molar-refractivity contribution is -0.115. The number of carbonyl (C=O) groups is 1. The normalized spacial score (nSPS) is 10.7. The lowest BCUT2D eigenvalue weighted by Gasteiger charge is -2.11. The van der Waals surface area contributed by atoms with Crippen molar-refractivity contribution >= 4 is 34.5 Å². The van der Waals surface area contributed by atoms with Crippen molar-refractivity contribution in [2.45, 2.75) is 20.3 Å². The van der Waals surface area contributed by atoms with Crippen LogP contribution >= 0.6 is 22.9 Å². The van der Waals surface area contributed by atoms with E-state index in [2.05, 4.69) is 19.2 Å². The molecule has 0 fully saturated rings. The molecule has 0 aliphatic carbocycles. The minimum absolute atomic E-state index is 0.0515. The van der Waals surface area contributed by atoms with Gasteiger partial charge < -0.3 is 10.1 Å². The zero-order valence-electron chi connectivity index (χ0n) is 12.1. The summed E-state index contributed by atoms with van der Waals surface area (Å²) in [6.45, 7) is 4.77. The first-order chi connectivity index (χ1) is 10.0. The first-order valence-corrected chi connectivity index (χ1v) is 8.05. The first-order valence-electron chi connectivity index (χ1n) is 6.79. The van der Waals surface area contributed by atoms with Gasteiger partial charge in [0.05, 0.1) is 18.1 Å². The van der Waals surface area contributed by atoms with Gasteiger partial charge in [-0.2, -0.15) is 0 Å². The number of hydrogen-bond donors (Lipinski definition) is 1.